The quantitative estimate of drug-likeness (QED) is 0.221. The standard InChI is InChI=1S/C22H44O4/c1-3-5-7-9-11-13-15-21(16-14-12-10-8-6-4-2)22(24)26-20-19-25-18-17-23/h21,23H,3-20H2,1-2H3. The number of aliphatic hydroxyl groups is 1. The topological polar surface area (TPSA) is 55.8 Å². The Morgan fingerprint density at radius 2 is 1.23 bits per heavy atom. The van der Waals surface area contributed by atoms with Crippen LogP contribution >= 0.6 is 0 Å². The summed E-state index contributed by atoms with van der Waals surface area (Å²) >= 11 is 0. The van der Waals surface area contributed by atoms with Crippen molar-refractivity contribution in [1.82, 2.24) is 0 Å². The van der Waals surface area contributed by atoms with E-state index in [1.165, 1.54) is 64.2 Å². The zero-order valence-electron chi connectivity index (χ0n) is 17.5. The Bertz CT molecular complexity index is 278. The molecule has 0 unspecified atom stereocenters. The molecule has 26 heavy (non-hydrogen) atoms. The van der Waals surface area contributed by atoms with Crippen molar-refractivity contribution in [2.24, 2.45) is 5.92 Å². The summed E-state index contributed by atoms with van der Waals surface area (Å²) in [5.41, 5.74) is 0. The molecule has 0 rings (SSSR count). The Morgan fingerprint density at radius 3 is 1.73 bits per heavy atom. The van der Waals surface area contributed by atoms with E-state index in [0.717, 1.165) is 25.7 Å². The third-order valence-electron chi connectivity index (χ3n) is 4.85. The first-order valence-corrected chi connectivity index (χ1v) is 11.1. The van der Waals surface area contributed by atoms with Crippen molar-refractivity contribution in [2.75, 3.05) is 26.4 Å². The van der Waals surface area contributed by atoms with Gasteiger partial charge in [0.15, 0.2) is 0 Å². The molecule has 0 saturated heterocycles. The number of carbonyl (C=O) groups excluding carboxylic acids is 1. The number of hydrogen-bond donors (Lipinski definition) is 1. The van der Waals surface area contributed by atoms with Crippen molar-refractivity contribution < 1.29 is 19.4 Å². The molecule has 0 spiro atoms. The maximum atomic E-state index is 12.4. The Hall–Kier alpha value is -0.610. The van der Waals surface area contributed by atoms with Gasteiger partial charge in [0, 0.05) is 0 Å². The van der Waals surface area contributed by atoms with Crippen LogP contribution in [0.3, 0.4) is 0 Å². The van der Waals surface area contributed by atoms with Crippen LogP contribution < -0.4 is 0 Å². The lowest BCUT2D eigenvalue weighted by molar-refractivity contribution is -0.150. The van der Waals surface area contributed by atoms with Gasteiger partial charge in [0.05, 0.1) is 25.7 Å². The molecule has 0 aromatic carbocycles. The van der Waals surface area contributed by atoms with Crippen LogP contribution in [0.4, 0.5) is 0 Å². The SMILES string of the molecule is CCCCCCCCC(CCCCCCCC)C(=O)OCCOCCO. The largest absolute Gasteiger partial charge is 0.463 e. The fourth-order valence-electron chi connectivity index (χ4n) is 3.21. The number of esters is 1. The lowest BCUT2D eigenvalue weighted by atomic mass is 9.94. The summed E-state index contributed by atoms with van der Waals surface area (Å²) in [6.07, 6.45) is 17.0. The van der Waals surface area contributed by atoms with Gasteiger partial charge in [-0.2, -0.15) is 0 Å². The van der Waals surface area contributed by atoms with Gasteiger partial charge in [0.25, 0.3) is 0 Å². The molecule has 156 valence electrons. The Kier molecular flexibility index (Phi) is 20.2. The minimum absolute atomic E-state index is 0.00658. The van der Waals surface area contributed by atoms with Crippen molar-refractivity contribution in [3.63, 3.8) is 0 Å². The van der Waals surface area contributed by atoms with E-state index in [-0.39, 0.29) is 18.5 Å². The van der Waals surface area contributed by atoms with Crippen LogP contribution in [0.15, 0.2) is 0 Å². The summed E-state index contributed by atoms with van der Waals surface area (Å²) in [6, 6.07) is 0. The van der Waals surface area contributed by atoms with E-state index in [2.05, 4.69) is 13.8 Å². The number of hydrogen-bond acceptors (Lipinski definition) is 4. The van der Waals surface area contributed by atoms with Gasteiger partial charge in [-0.25, -0.2) is 0 Å². The van der Waals surface area contributed by atoms with Gasteiger partial charge in [-0.1, -0.05) is 90.9 Å². The number of rotatable bonds is 20. The highest BCUT2D eigenvalue weighted by atomic mass is 16.6. The molecular formula is C22H44O4. The summed E-state index contributed by atoms with van der Waals surface area (Å²) in [6.45, 7) is 5.44. The van der Waals surface area contributed by atoms with Crippen LogP contribution in [0, 0.1) is 5.92 Å². The van der Waals surface area contributed by atoms with Gasteiger partial charge >= 0.3 is 5.97 Å². The minimum Gasteiger partial charge on any atom is -0.463 e. The summed E-state index contributed by atoms with van der Waals surface area (Å²) < 4.78 is 10.6. The zero-order valence-corrected chi connectivity index (χ0v) is 17.5. The summed E-state index contributed by atoms with van der Waals surface area (Å²) in [5.74, 6) is -0.00935. The molecule has 0 aromatic rings. The van der Waals surface area contributed by atoms with Gasteiger partial charge < -0.3 is 14.6 Å². The molecule has 0 aromatic heterocycles. The molecule has 0 aliphatic heterocycles. The Morgan fingerprint density at radius 1 is 0.731 bits per heavy atom. The van der Waals surface area contributed by atoms with Crippen LogP contribution in [0.2, 0.25) is 0 Å². The number of carbonyl (C=O) groups is 1. The maximum Gasteiger partial charge on any atom is 0.309 e. The molecular weight excluding hydrogens is 328 g/mol. The normalized spacial score (nSPS) is 11.2. The van der Waals surface area contributed by atoms with E-state index in [1.807, 2.05) is 0 Å². The summed E-state index contributed by atoms with van der Waals surface area (Å²) in [5, 5.41) is 8.68. The van der Waals surface area contributed by atoms with Crippen LogP contribution in [0.1, 0.15) is 104 Å². The monoisotopic (exact) mass is 372 g/mol. The Labute approximate surface area is 162 Å². The molecule has 1 N–H and O–H groups in total. The molecule has 0 atom stereocenters. The average molecular weight is 373 g/mol. The second kappa shape index (κ2) is 20.7. The molecule has 0 fully saturated rings. The molecule has 0 saturated carbocycles. The fourth-order valence-corrected chi connectivity index (χ4v) is 3.21. The molecule has 4 nitrogen and oxygen atoms in total. The fraction of sp³-hybridized carbons (Fsp3) is 0.955. The molecule has 0 aliphatic rings. The van der Waals surface area contributed by atoms with Crippen molar-refractivity contribution in [3.8, 4) is 0 Å². The van der Waals surface area contributed by atoms with E-state index in [1.54, 1.807) is 0 Å². The number of unbranched alkanes of at least 4 members (excludes halogenated alkanes) is 10. The van der Waals surface area contributed by atoms with Crippen LogP contribution in [-0.4, -0.2) is 37.5 Å². The molecule has 0 bridgehead atoms. The van der Waals surface area contributed by atoms with Gasteiger partial charge in [-0.3, -0.25) is 4.79 Å². The maximum absolute atomic E-state index is 12.4. The first kappa shape index (κ1) is 25.4. The summed E-state index contributed by atoms with van der Waals surface area (Å²) in [4.78, 5) is 12.4. The highest BCUT2D eigenvalue weighted by Gasteiger charge is 2.19. The van der Waals surface area contributed by atoms with Gasteiger partial charge in [-0.15, -0.1) is 0 Å². The lowest BCUT2D eigenvalue weighted by Crippen LogP contribution is -2.20. The first-order valence-electron chi connectivity index (χ1n) is 11.1. The Balaban J connectivity index is 4.02. The van der Waals surface area contributed by atoms with E-state index < -0.39 is 0 Å². The van der Waals surface area contributed by atoms with Crippen LogP contribution in [0.25, 0.3) is 0 Å². The van der Waals surface area contributed by atoms with Crippen LogP contribution in [-0.2, 0) is 14.3 Å². The van der Waals surface area contributed by atoms with E-state index >= 15 is 0 Å². The highest BCUT2D eigenvalue weighted by Crippen LogP contribution is 2.20. The summed E-state index contributed by atoms with van der Waals surface area (Å²) in [7, 11) is 0. The molecule has 0 radical (unpaired) electrons. The van der Waals surface area contributed by atoms with Crippen molar-refractivity contribution in [3.05, 3.63) is 0 Å². The van der Waals surface area contributed by atoms with Gasteiger partial charge in [0.1, 0.15) is 6.61 Å². The second-order valence-electron chi connectivity index (χ2n) is 7.31. The van der Waals surface area contributed by atoms with Crippen molar-refractivity contribution >= 4 is 5.97 Å². The predicted octanol–water partition coefficient (Wildman–Crippen LogP) is 5.66. The minimum atomic E-state index is -0.0558. The smallest absolute Gasteiger partial charge is 0.309 e. The number of aliphatic hydroxyl groups excluding tert-OH is 1. The first-order chi connectivity index (χ1) is 12.8. The van der Waals surface area contributed by atoms with Crippen molar-refractivity contribution in [2.45, 2.75) is 104 Å². The predicted molar refractivity (Wildman–Crippen MR) is 108 cm³/mol. The third-order valence-corrected chi connectivity index (χ3v) is 4.85. The van der Waals surface area contributed by atoms with Gasteiger partial charge in [0.2, 0.25) is 0 Å². The van der Waals surface area contributed by atoms with Gasteiger partial charge in [-0.05, 0) is 12.8 Å². The zero-order chi connectivity index (χ0) is 19.3. The highest BCUT2D eigenvalue weighted by molar-refractivity contribution is 5.72. The van der Waals surface area contributed by atoms with Crippen LogP contribution in [0.5, 0.6) is 0 Å². The average Bonchev–Trinajstić information content (AvgIpc) is 2.65. The second-order valence-corrected chi connectivity index (χ2v) is 7.31. The number of ether oxygens (including phenoxy) is 2. The molecule has 4 heteroatoms. The third kappa shape index (κ3) is 16.8. The molecule has 0 aliphatic carbocycles. The molecule has 0 amide bonds. The van der Waals surface area contributed by atoms with Crippen molar-refractivity contribution in [1.29, 1.82) is 0 Å². The van der Waals surface area contributed by atoms with E-state index in [9.17, 15) is 4.79 Å². The van der Waals surface area contributed by atoms with E-state index in [4.69, 9.17) is 14.6 Å². The van der Waals surface area contributed by atoms with E-state index in [0.29, 0.717) is 19.8 Å². The lowest BCUT2D eigenvalue weighted by Gasteiger charge is -2.16. The molecule has 0 heterocycles.